The zero-order valence-corrected chi connectivity index (χ0v) is 12.3. The molecule has 0 aliphatic carbocycles. The Morgan fingerprint density at radius 2 is 2.05 bits per heavy atom. The molecule has 0 amide bonds. The first-order valence-corrected chi connectivity index (χ1v) is 6.49. The second-order valence-corrected chi connectivity index (χ2v) is 4.64. The number of nitrogens with one attached hydrogen (secondary N) is 1. The molecule has 0 unspecified atom stereocenters. The standard InChI is InChI=1S/C13H14N2O2S.ClH/c1-3-17-12(16)11-9(2)14-13(18-11)15-10-7-5-4-6-8-10;/h4-8H,3H2,1-2H3,(H,14,15);1H. The third kappa shape index (κ3) is 3.94. The molecule has 1 N–H and O–H groups in total. The largest absolute Gasteiger partial charge is 0.462 e. The molecule has 0 bridgehead atoms. The summed E-state index contributed by atoms with van der Waals surface area (Å²) in [5.41, 5.74) is 1.64. The summed E-state index contributed by atoms with van der Waals surface area (Å²) in [5, 5.41) is 3.86. The van der Waals surface area contributed by atoms with Gasteiger partial charge in [-0.15, -0.1) is 12.4 Å². The average molecular weight is 299 g/mol. The third-order valence-electron chi connectivity index (χ3n) is 2.28. The maximum atomic E-state index is 11.7. The number of anilines is 2. The smallest absolute Gasteiger partial charge is 0.350 e. The van der Waals surface area contributed by atoms with Crippen LogP contribution in [-0.4, -0.2) is 17.6 Å². The number of rotatable bonds is 4. The first kappa shape index (κ1) is 15.5. The van der Waals surface area contributed by atoms with Crippen LogP contribution in [0.15, 0.2) is 30.3 Å². The highest BCUT2D eigenvalue weighted by Gasteiger charge is 2.16. The van der Waals surface area contributed by atoms with E-state index >= 15 is 0 Å². The van der Waals surface area contributed by atoms with E-state index in [9.17, 15) is 4.79 Å². The van der Waals surface area contributed by atoms with Gasteiger partial charge in [0, 0.05) is 5.69 Å². The van der Waals surface area contributed by atoms with Gasteiger partial charge >= 0.3 is 5.97 Å². The molecule has 0 radical (unpaired) electrons. The monoisotopic (exact) mass is 298 g/mol. The molecule has 4 nitrogen and oxygen atoms in total. The normalized spacial score (nSPS) is 9.58. The number of carbonyl (C=O) groups is 1. The van der Waals surface area contributed by atoms with Crippen molar-refractivity contribution in [1.82, 2.24) is 4.98 Å². The van der Waals surface area contributed by atoms with Gasteiger partial charge < -0.3 is 10.1 Å². The third-order valence-corrected chi connectivity index (χ3v) is 3.34. The van der Waals surface area contributed by atoms with Gasteiger partial charge in [-0.1, -0.05) is 29.5 Å². The Balaban J connectivity index is 0.00000180. The minimum absolute atomic E-state index is 0. The topological polar surface area (TPSA) is 51.2 Å². The molecule has 0 fully saturated rings. The van der Waals surface area contributed by atoms with E-state index in [1.165, 1.54) is 11.3 Å². The van der Waals surface area contributed by atoms with E-state index in [0.717, 1.165) is 5.69 Å². The number of hydrogen-bond donors (Lipinski definition) is 1. The number of benzene rings is 1. The predicted molar refractivity (Wildman–Crippen MR) is 79.8 cm³/mol. The van der Waals surface area contributed by atoms with Gasteiger partial charge in [-0.2, -0.15) is 0 Å². The van der Waals surface area contributed by atoms with Gasteiger partial charge in [0.1, 0.15) is 4.88 Å². The molecule has 6 heteroatoms. The zero-order chi connectivity index (χ0) is 13.0. The molecule has 2 rings (SSSR count). The number of aryl methyl sites for hydroxylation is 1. The van der Waals surface area contributed by atoms with E-state index < -0.39 is 0 Å². The fourth-order valence-corrected chi connectivity index (χ4v) is 2.36. The maximum Gasteiger partial charge on any atom is 0.350 e. The van der Waals surface area contributed by atoms with Gasteiger partial charge in [-0.25, -0.2) is 9.78 Å². The van der Waals surface area contributed by atoms with E-state index in [4.69, 9.17) is 4.74 Å². The number of ether oxygens (including phenoxy) is 1. The van der Waals surface area contributed by atoms with Crippen molar-refractivity contribution in [3.63, 3.8) is 0 Å². The summed E-state index contributed by atoms with van der Waals surface area (Å²) in [5.74, 6) is -0.311. The summed E-state index contributed by atoms with van der Waals surface area (Å²) in [7, 11) is 0. The van der Waals surface area contributed by atoms with Gasteiger partial charge in [0.15, 0.2) is 5.13 Å². The summed E-state index contributed by atoms with van der Waals surface area (Å²) in [6, 6.07) is 9.72. The van der Waals surface area contributed by atoms with E-state index in [1.54, 1.807) is 13.8 Å². The second kappa shape index (κ2) is 7.11. The van der Waals surface area contributed by atoms with E-state index in [0.29, 0.717) is 22.3 Å². The molecule has 0 spiro atoms. The van der Waals surface area contributed by atoms with Crippen molar-refractivity contribution < 1.29 is 9.53 Å². The number of halogens is 1. The van der Waals surface area contributed by atoms with Crippen molar-refractivity contribution in [2.45, 2.75) is 13.8 Å². The Morgan fingerprint density at radius 3 is 2.68 bits per heavy atom. The van der Waals surface area contributed by atoms with Crippen molar-refractivity contribution in [2.75, 3.05) is 11.9 Å². The first-order chi connectivity index (χ1) is 8.70. The summed E-state index contributed by atoms with van der Waals surface area (Å²) >= 11 is 1.31. The zero-order valence-electron chi connectivity index (χ0n) is 10.7. The van der Waals surface area contributed by atoms with Crippen LogP contribution in [0.5, 0.6) is 0 Å². The van der Waals surface area contributed by atoms with Crippen LogP contribution in [0.25, 0.3) is 0 Å². The minimum atomic E-state index is -0.311. The van der Waals surface area contributed by atoms with E-state index in [-0.39, 0.29) is 18.4 Å². The molecule has 1 aromatic carbocycles. The highest BCUT2D eigenvalue weighted by Crippen LogP contribution is 2.26. The van der Waals surface area contributed by atoms with Gasteiger partial charge in [-0.3, -0.25) is 0 Å². The molecule has 0 saturated carbocycles. The van der Waals surface area contributed by atoms with Crippen LogP contribution >= 0.6 is 23.7 Å². The molecule has 102 valence electrons. The van der Waals surface area contributed by atoms with Gasteiger partial charge in [0.2, 0.25) is 0 Å². The van der Waals surface area contributed by atoms with Crippen LogP contribution in [0.3, 0.4) is 0 Å². The van der Waals surface area contributed by atoms with E-state index in [1.807, 2.05) is 30.3 Å². The Hall–Kier alpha value is -1.59. The Bertz CT molecular complexity index is 543. The van der Waals surface area contributed by atoms with E-state index in [2.05, 4.69) is 10.3 Å². The summed E-state index contributed by atoms with van der Waals surface area (Å²) < 4.78 is 4.98. The highest BCUT2D eigenvalue weighted by atomic mass is 35.5. The number of para-hydroxylation sites is 1. The molecule has 1 heterocycles. The van der Waals surface area contributed by atoms with Crippen LogP contribution in [-0.2, 0) is 4.74 Å². The Labute approximate surface area is 122 Å². The SMILES string of the molecule is CCOC(=O)c1sc(Nc2ccccc2)nc1C.Cl. The minimum Gasteiger partial charge on any atom is -0.462 e. The van der Waals surface area contributed by atoms with Crippen LogP contribution in [0.1, 0.15) is 22.3 Å². The lowest BCUT2D eigenvalue weighted by atomic mass is 10.3. The molecule has 0 aliphatic heterocycles. The number of carbonyl (C=O) groups excluding carboxylic acids is 1. The quantitative estimate of drug-likeness (QED) is 0.873. The Kier molecular flexibility index (Phi) is 5.79. The van der Waals surface area contributed by atoms with Crippen LogP contribution in [0.2, 0.25) is 0 Å². The van der Waals surface area contributed by atoms with Crippen molar-refractivity contribution in [3.8, 4) is 0 Å². The lowest BCUT2D eigenvalue weighted by Crippen LogP contribution is -2.03. The number of hydrogen-bond acceptors (Lipinski definition) is 5. The summed E-state index contributed by atoms with van der Waals surface area (Å²) in [4.78, 5) is 16.5. The molecule has 0 atom stereocenters. The molecule has 1 aromatic heterocycles. The molecule has 19 heavy (non-hydrogen) atoms. The lowest BCUT2D eigenvalue weighted by molar-refractivity contribution is 0.0531. The molecular weight excluding hydrogens is 284 g/mol. The summed E-state index contributed by atoms with van der Waals surface area (Å²) in [6.45, 7) is 3.97. The fraction of sp³-hybridized carbons (Fsp3) is 0.231. The lowest BCUT2D eigenvalue weighted by Gasteiger charge is -2.00. The highest BCUT2D eigenvalue weighted by molar-refractivity contribution is 7.17. The van der Waals surface area contributed by atoms with Crippen molar-refractivity contribution in [2.24, 2.45) is 0 Å². The molecule has 2 aromatic rings. The van der Waals surface area contributed by atoms with Crippen molar-refractivity contribution in [3.05, 3.63) is 40.9 Å². The van der Waals surface area contributed by atoms with Crippen LogP contribution in [0.4, 0.5) is 10.8 Å². The van der Waals surface area contributed by atoms with Crippen LogP contribution < -0.4 is 5.32 Å². The van der Waals surface area contributed by atoms with Gasteiger partial charge in [0.25, 0.3) is 0 Å². The number of nitrogens with zero attached hydrogens (tertiary/aromatic N) is 1. The number of thiazole rings is 1. The predicted octanol–water partition coefficient (Wildman–Crippen LogP) is 3.79. The van der Waals surface area contributed by atoms with Crippen molar-refractivity contribution in [1.29, 1.82) is 0 Å². The molecule has 0 aliphatic rings. The summed E-state index contributed by atoms with van der Waals surface area (Å²) in [6.07, 6.45) is 0. The fourth-order valence-electron chi connectivity index (χ4n) is 1.48. The maximum absolute atomic E-state index is 11.7. The van der Waals surface area contributed by atoms with Crippen molar-refractivity contribution >= 4 is 40.5 Å². The van der Waals surface area contributed by atoms with Gasteiger partial charge in [0.05, 0.1) is 12.3 Å². The average Bonchev–Trinajstić information content (AvgIpc) is 2.72. The molecule has 0 saturated heterocycles. The Morgan fingerprint density at radius 1 is 1.37 bits per heavy atom. The number of esters is 1. The van der Waals surface area contributed by atoms with Crippen LogP contribution in [0, 0.1) is 6.92 Å². The number of aromatic nitrogens is 1. The molecular formula is C13H15ClN2O2S. The van der Waals surface area contributed by atoms with Gasteiger partial charge in [-0.05, 0) is 26.0 Å². The first-order valence-electron chi connectivity index (χ1n) is 5.67. The second-order valence-electron chi connectivity index (χ2n) is 3.65.